The predicted octanol–water partition coefficient (Wildman–Crippen LogP) is 2.83. The maximum atomic E-state index is 9.01. The number of nitrogens with one attached hydrogen (secondary N) is 1. The second-order valence-electron chi connectivity index (χ2n) is 4.08. The lowest BCUT2D eigenvalue weighted by Crippen LogP contribution is -2.03. The molecule has 2 aromatic rings. The van der Waals surface area contributed by atoms with Gasteiger partial charge in [0.15, 0.2) is 0 Å². The second kappa shape index (κ2) is 5.07. The number of aromatic nitrogens is 1. The van der Waals surface area contributed by atoms with Crippen molar-refractivity contribution in [3.05, 3.63) is 39.2 Å². The van der Waals surface area contributed by atoms with E-state index in [1.165, 1.54) is 15.3 Å². The van der Waals surface area contributed by atoms with E-state index >= 15 is 0 Å². The number of anilines is 2. The van der Waals surface area contributed by atoms with Crippen molar-refractivity contribution >= 4 is 22.8 Å². The van der Waals surface area contributed by atoms with Crippen molar-refractivity contribution in [2.75, 3.05) is 11.1 Å². The van der Waals surface area contributed by atoms with Gasteiger partial charge in [-0.25, -0.2) is 4.98 Å². The molecule has 0 fully saturated rings. The zero-order chi connectivity index (χ0) is 13.1. The summed E-state index contributed by atoms with van der Waals surface area (Å²) < 4.78 is 0. The molecule has 0 unspecified atom stereocenters. The minimum Gasteiger partial charge on any atom is -0.397 e. The normalized spacial score (nSPS) is 10.1. The highest BCUT2D eigenvalue weighted by atomic mass is 32.1. The van der Waals surface area contributed by atoms with Crippen LogP contribution in [-0.4, -0.2) is 4.98 Å². The lowest BCUT2D eigenvalue weighted by Gasteiger charge is -2.06. The van der Waals surface area contributed by atoms with Gasteiger partial charge in [0.25, 0.3) is 0 Å². The molecule has 2 rings (SSSR count). The zero-order valence-corrected chi connectivity index (χ0v) is 11.1. The van der Waals surface area contributed by atoms with Gasteiger partial charge in [0.1, 0.15) is 11.9 Å². The first-order chi connectivity index (χ1) is 8.60. The first kappa shape index (κ1) is 12.4. The van der Waals surface area contributed by atoms with Crippen LogP contribution in [0.2, 0.25) is 0 Å². The number of nitriles is 1. The van der Waals surface area contributed by atoms with Crippen molar-refractivity contribution in [1.82, 2.24) is 4.98 Å². The Bertz CT molecular complexity index is 590. The second-order valence-corrected chi connectivity index (χ2v) is 5.42. The molecular formula is C13H14N4S. The van der Waals surface area contributed by atoms with E-state index in [0.717, 1.165) is 0 Å². The van der Waals surface area contributed by atoms with Crippen molar-refractivity contribution in [2.45, 2.75) is 20.4 Å². The highest BCUT2D eigenvalue weighted by Gasteiger charge is 2.06. The molecule has 4 nitrogen and oxygen atoms in total. The first-order valence-electron chi connectivity index (χ1n) is 5.55. The molecule has 0 bridgehead atoms. The molecule has 92 valence electrons. The third kappa shape index (κ3) is 2.60. The van der Waals surface area contributed by atoms with Crippen molar-refractivity contribution in [2.24, 2.45) is 0 Å². The molecule has 0 saturated heterocycles. The predicted molar refractivity (Wildman–Crippen MR) is 74.5 cm³/mol. The number of aryl methyl sites for hydroxylation is 2. The minimum absolute atomic E-state index is 0.472. The van der Waals surface area contributed by atoms with Gasteiger partial charge in [0.05, 0.1) is 24.0 Å². The number of nitrogen functional groups attached to an aromatic ring is 1. The quantitative estimate of drug-likeness (QED) is 0.887. The zero-order valence-electron chi connectivity index (χ0n) is 10.3. The summed E-state index contributed by atoms with van der Waals surface area (Å²) in [5, 5.41) is 12.2. The molecule has 2 heterocycles. The van der Waals surface area contributed by atoms with Crippen molar-refractivity contribution in [3.63, 3.8) is 0 Å². The Labute approximate surface area is 110 Å². The fourth-order valence-corrected chi connectivity index (χ4v) is 2.61. The van der Waals surface area contributed by atoms with E-state index in [1.54, 1.807) is 23.6 Å². The largest absolute Gasteiger partial charge is 0.397 e. The third-order valence-corrected chi connectivity index (χ3v) is 3.83. The average molecular weight is 258 g/mol. The van der Waals surface area contributed by atoms with Gasteiger partial charge >= 0.3 is 0 Å². The highest BCUT2D eigenvalue weighted by Crippen LogP contribution is 2.22. The number of rotatable bonds is 3. The van der Waals surface area contributed by atoms with Crippen LogP contribution in [-0.2, 0) is 6.54 Å². The molecule has 5 heteroatoms. The molecule has 0 aromatic carbocycles. The van der Waals surface area contributed by atoms with E-state index in [1.807, 2.05) is 0 Å². The molecule has 0 atom stereocenters. The van der Waals surface area contributed by atoms with Gasteiger partial charge in [-0.05, 0) is 31.5 Å². The summed E-state index contributed by atoms with van der Waals surface area (Å²) in [6.07, 6.45) is 1.55. The summed E-state index contributed by atoms with van der Waals surface area (Å²) in [6, 6.07) is 5.86. The maximum Gasteiger partial charge on any atom is 0.144 e. The molecular weight excluding hydrogens is 244 g/mol. The van der Waals surface area contributed by atoms with Crippen LogP contribution in [0.1, 0.15) is 20.9 Å². The van der Waals surface area contributed by atoms with E-state index < -0.39 is 0 Å². The minimum atomic E-state index is 0.472. The van der Waals surface area contributed by atoms with E-state index in [2.05, 4.69) is 36.3 Å². The van der Waals surface area contributed by atoms with Gasteiger partial charge in [0, 0.05) is 9.75 Å². The van der Waals surface area contributed by atoms with Crippen LogP contribution in [0.25, 0.3) is 0 Å². The Kier molecular flexibility index (Phi) is 3.49. The molecule has 18 heavy (non-hydrogen) atoms. The Hall–Kier alpha value is -2.06. The lowest BCUT2D eigenvalue weighted by molar-refractivity contribution is 1.13. The standard InChI is InChI=1S/C13H14N4S/c1-8-3-12(18-9(8)2)7-17-13-10(5-14)4-11(15)6-16-13/h3-4,6H,7,15H2,1-2H3,(H,16,17). The molecule has 0 amide bonds. The fraction of sp³-hybridized carbons (Fsp3) is 0.231. The molecule has 0 saturated carbocycles. The molecule has 0 aliphatic rings. The van der Waals surface area contributed by atoms with Crippen LogP contribution in [0.3, 0.4) is 0 Å². The van der Waals surface area contributed by atoms with Crippen LogP contribution in [0.15, 0.2) is 18.3 Å². The molecule has 0 aliphatic carbocycles. The van der Waals surface area contributed by atoms with Gasteiger partial charge < -0.3 is 11.1 Å². The van der Waals surface area contributed by atoms with Crippen LogP contribution < -0.4 is 11.1 Å². The van der Waals surface area contributed by atoms with Crippen LogP contribution in [0, 0.1) is 25.2 Å². The molecule has 0 spiro atoms. The maximum absolute atomic E-state index is 9.01. The number of nitrogens with two attached hydrogens (primary N) is 1. The number of hydrogen-bond acceptors (Lipinski definition) is 5. The summed E-state index contributed by atoms with van der Waals surface area (Å²) in [4.78, 5) is 6.69. The summed E-state index contributed by atoms with van der Waals surface area (Å²) in [6.45, 7) is 4.87. The first-order valence-corrected chi connectivity index (χ1v) is 6.37. The summed E-state index contributed by atoms with van der Waals surface area (Å²) in [5.74, 6) is 0.579. The van der Waals surface area contributed by atoms with Gasteiger partial charge in [-0.1, -0.05) is 0 Å². The molecule has 0 radical (unpaired) electrons. The van der Waals surface area contributed by atoms with Crippen molar-refractivity contribution in [1.29, 1.82) is 5.26 Å². The van der Waals surface area contributed by atoms with Gasteiger partial charge in [-0.3, -0.25) is 0 Å². The van der Waals surface area contributed by atoms with Gasteiger partial charge in [-0.15, -0.1) is 11.3 Å². The van der Waals surface area contributed by atoms with Crippen molar-refractivity contribution < 1.29 is 0 Å². The smallest absolute Gasteiger partial charge is 0.144 e. The average Bonchev–Trinajstić information content (AvgIpc) is 2.67. The van der Waals surface area contributed by atoms with E-state index in [9.17, 15) is 0 Å². The number of thiophene rings is 1. The Morgan fingerprint density at radius 1 is 1.44 bits per heavy atom. The van der Waals surface area contributed by atoms with E-state index in [4.69, 9.17) is 11.0 Å². The Balaban J connectivity index is 2.13. The number of nitrogens with zero attached hydrogens (tertiary/aromatic N) is 2. The summed E-state index contributed by atoms with van der Waals surface area (Å²) in [5.41, 5.74) is 7.86. The fourth-order valence-electron chi connectivity index (χ4n) is 1.61. The Morgan fingerprint density at radius 3 is 2.83 bits per heavy atom. The van der Waals surface area contributed by atoms with E-state index in [0.29, 0.717) is 23.6 Å². The molecule has 2 aromatic heterocycles. The topological polar surface area (TPSA) is 74.7 Å². The number of hydrogen-bond donors (Lipinski definition) is 2. The highest BCUT2D eigenvalue weighted by molar-refractivity contribution is 7.12. The lowest BCUT2D eigenvalue weighted by atomic mass is 10.2. The van der Waals surface area contributed by atoms with Gasteiger partial charge in [-0.2, -0.15) is 5.26 Å². The van der Waals surface area contributed by atoms with Crippen LogP contribution in [0.4, 0.5) is 11.5 Å². The molecule has 0 aliphatic heterocycles. The number of pyridine rings is 1. The van der Waals surface area contributed by atoms with Crippen LogP contribution in [0.5, 0.6) is 0 Å². The SMILES string of the molecule is Cc1cc(CNc2ncc(N)cc2C#N)sc1C. The Morgan fingerprint density at radius 2 is 2.22 bits per heavy atom. The molecule has 3 N–H and O–H groups in total. The van der Waals surface area contributed by atoms with Gasteiger partial charge in [0.2, 0.25) is 0 Å². The van der Waals surface area contributed by atoms with Crippen LogP contribution >= 0.6 is 11.3 Å². The third-order valence-electron chi connectivity index (χ3n) is 2.68. The summed E-state index contributed by atoms with van der Waals surface area (Å²) in [7, 11) is 0. The monoisotopic (exact) mass is 258 g/mol. The summed E-state index contributed by atoms with van der Waals surface area (Å²) >= 11 is 1.75. The van der Waals surface area contributed by atoms with E-state index in [-0.39, 0.29) is 0 Å². The van der Waals surface area contributed by atoms with Crippen molar-refractivity contribution in [3.8, 4) is 6.07 Å².